The van der Waals surface area contributed by atoms with Crippen LogP contribution in [-0.4, -0.2) is 36.5 Å². The van der Waals surface area contributed by atoms with Crippen LogP contribution < -0.4 is 15.8 Å². The average molecular weight is 280 g/mol. The molecule has 0 unspecified atom stereocenters. The molecule has 0 aromatic carbocycles. The largest absolute Gasteiger partial charge is 0.373 e. The molecular formula is C15H28N4O. The molecule has 0 spiro atoms. The van der Waals surface area contributed by atoms with Crippen LogP contribution in [-0.2, 0) is 6.54 Å². The maximum atomic E-state index is 11.9. The molecule has 0 aliphatic carbocycles. The third kappa shape index (κ3) is 5.74. The van der Waals surface area contributed by atoms with Crippen molar-refractivity contribution >= 4 is 5.69 Å². The normalized spacial score (nSPS) is 11.7. The molecule has 20 heavy (non-hydrogen) atoms. The zero-order chi connectivity index (χ0) is 15.2. The second kappa shape index (κ2) is 7.43. The molecule has 5 heteroatoms. The van der Waals surface area contributed by atoms with Crippen LogP contribution in [0.5, 0.6) is 0 Å². The van der Waals surface area contributed by atoms with Gasteiger partial charge >= 0.3 is 0 Å². The van der Waals surface area contributed by atoms with E-state index in [1.807, 2.05) is 18.9 Å². The number of hydrogen-bond donors (Lipinski definition) is 1. The Balaban J connectivity index is 2.43. The lowest BCUT2D eigenvalue weighted by molar-refractivity contribution is 0.363. The van der Waals surface area contributed by atoms with Crippen LogP contribution in [0.2, 0.25) is 0 Å². The first kappa shape index (κ1) is 16.7. The Labute approximate surface area is 122 Å². The lowest BCUT2D eigenvalue weighted by atomic mass is 9.92. The van der Waals surface area contributed by atoms with E-state index in [9.17, 15) is 4.79 Å². The summed E-state index contributed by atoms with van der Waals surface area (Å²) in [6.07, 6.45) is 2.87. The SMILES string of the molecule is CCN(C)c1cnn(CCNCCC(C)(C)C)c(=O)c1. The number of nitrogens with one attached hydrogen (secondary N) is 1. The minimum Gasteiger partial charge on any atom is -0.373 e. The molecule has 0 amide bonds. The molecule has 0 aliphatic rings. The fourth-order valence-corrected chi connectivity index (χ4v) is 1.76. The van der Waals surface area contributed by atoms with Gasteiger partial charge in [0.25, 0.3) is 5.56 Å². The maximum Gasteiger partial charge on any atom is 0.268 e. The number of hydrogen-bond acceptors (Lipinski definition) is 4. The minimum atomic E-state index is -0.0413. The van der Waals surface area contributed by atoms with Gasteiger partial charge in [0.15, 0.2) is 0 Å². The molecule has 1 heterocycles. The predicted molar refractivity (Wildman–Crippen MR) is 84.4 cm³/mol. The smallest absolute Gasteiger partial charge is 0.268 e. The van der Waals surface area contributed by atoms with E-state index in [-0.39, 0.29) is 5.56 Å². The Morgan fingerprint density at radius 3 is 2.60 bits per heavy atom. The summed E-state index contributed by atoms with van der Waals surface area (Å²) in [7, 11) is 1.95. The Morgan fingerprint density at radius 1 is 1.35 bits per heavy atom. The number of aromatic nitrogens is 2. The summed E-state index contributed by atoms with van der Waals surface area (Å²) >= 11 is 0. The van der Waals surface area contributed by atoms with E-state index in [1.54, 1.807) is 12.3 Å². The fourth-order valence-electron chi connectivity index (χ4n) is 1.76. The lowest BCUT2D eigenvalue weighted by Crippen LogP contribution is -2.31. The van der Waals surface area contributed by atoms with Gasteiger partial charge in [-0.3, -0.25) is 4.79 Å². The van der Waals surface area contributed by atoms with E-state index < -0.39 is 0 Å². The van der Waals surface area contributed by atoms with Gasteiger partial charge in [0.1, 0.15) is 0 Å². The van der Waals surface area contributed by atoms with E-state index in [2.05, 4.69) is 31.2 Å². The zero-order valence-electron chi connectivity index (χ0n) is 13.4. The molecule has 0 fully saturated rings. The first-order valence-corrected chi connectivity index (χ1v) is 7.32. The average Bonchev–Trinajstić information content (AvgIpc) is 2.37. The summed E-state index contributed by atoms with van der Waals surface area (Å²) < 4.78 is 1.51. The molecule has 0 saturated heterocycles. The Bertz CT molecular complexity index is 462. The summed E-state index contributed by atoms with van der Waals surface area (Å²) in [4.78, 5) is 13.9. The van der Waals surface area contributed by atoms with Crippen LogP contribution in [0, 0.1) is 5.41 Å². The van der Waals surface area contributed by atoms with Crippen molar-refractivity contribution < 1.29 is 0 Å². The number of nitrogens with zero attached hydrogens (tertiary/aromatic N) is 3. The van der Waals surface area contributed by atoms with Gasteiger partial charge in [-0.05, 0) is 25.3 Å². The van der Waals surface area contributed by atoms with Crippen LogP contribution in [0.1, 0.15) is 34.1 Å². The van der Waals surface area contributed by atoms with Crippen LogP contribution in [0.15, 0.2) is 17.1 Å². The Hall–Kier alpha value is -1.36. The number of anilines is 1. The third-order valence-corrected chi connectivity index (χ3v) is 3.32. The molecule has 0 saturated carbocycles. The second-order valence-corrected chi connectivity index (χ2v) is 6.35. The highest BCUT2D eigenvalue weighted by Crippen LogP contribution is 2.16. The van der Waals surface area contributed by atoms with Crippen LogP contribution in [0.3, 0.4) is 0 Å². The molecule has 1 aromatic heterocycles. The van der Waals surface area contributed by atoms with Gasteiger partial charge in [-0.2, -0.15) is 5.10 Å². The molecule has 0 aliphatic heterocycles. The highest BCUT2D eigenvalue weighted by atomic mass is 16.1. The quantitative estimate of drug-likeness (QED) is 0.773. The van der Waals surface area contributed by atoms with Crippen molar-refractivity contribution in [2.75, 3.05) is 31.6 Å². The van der Waals surface area contributed by atoms with Crippen molar-refractivity contribution in [3.8, 4) is 0 Å². The first-order valence-electron chi connectivity index (χ1n) is 7.32. The zero-order valence-corrected chi connectivity index (χ0v) is 13.4. The van der Waals surface area contributed by atoms with Crippen molar-refractivity contribution in [1.82, 2.24) is 15.1 Å². The standard InChI is InChI=1S/C15H28N4O/c1-6-18(5)13-11-14(20)19(17-12-13)10-9-16-8-7-15(2,3)4/h11-12,16H,6-10H2,1-5H3. The van der Waals surface area contributed by atoms with Gasteiger partial charge in [0.2, 0.25) is 0 Å². The highest BCUT2D eigenvalue weighted by Gasteiger charge is 2.08. The van der Waals surface area contributed by atoms with Crippen LogP contribution in [0.25, 0.3) is 0 Å². The molecule has 0 bridgehead atoms. The van der Waals surface area contributed by atoms with Gasteiger partial charge in [-0.25, -0.2) is 4.68 Å². The topological polar surface area (TPSA) is 50.2 Å². The highest BCUT2D eigenvalue weighted by molar-refractivity contribution is 5.41. The van der Waals surface area contributed by atoms with Crippen molar-refractivity contribution in [3.63, 3.8) is 0 Å². The van der Waals surface area contributed by atoms with Crippen molar-refractivity contribution in [3.05, 3.63) is 22.6 Å². The maximum absolute atomic E-state index is 11.9. The van der Waals surface area contributed by atoms with E-state index in [4.69, 9.17) is 0 Å². The Morgan fingerprint density at radius 2 is 2.05 bits per heavy atom. The third-order valence-electron chi connectivity index (χ3n) is 3.32. The van der Waals surface area contributed by atoms with Crippen molar-refractivity contribution in [2.45, 2.75) is 40.7 Å². The molecule has 1 aromatic rings. The molecule has 0 atom stereocenters. The van der Waals surface area contributed by atoms with Crippen LogP contribution in [0.4, 0.5) is 5.69 Å². The summed E-state index contributed by atoms with van der Waals surface area (Å²) in [5.74, 6) is 0. The lowest BCUT2D eigenvalue weighted by Gasteiger charge is -2.18. The van der Waals surface area contributed by atoms with Crippen LogP contribution >= 0.6 is 0 Å². The minimum absolute atomic E-state index is 0.0413. The predicted octanol–water partition coefficient (Wildman–Crippen LogP) is 1.73. The van der Waals surface area contributed by atoms with Crippen molar-refractivity contribution in [2.24, 2.45) is 5.41 Å². The van der Waals surface area contributed by atoms with Gasteiger partial charge in [0, 0.05) is 26.2 Å². The van der Waals surface area contributed by atoms with E-state index in [0.29, 0.717) is 12.0 Å². The van der Waals surface area contributed by atoms with Gasteiger partial charge < -0.3 is 10.2 Å². The Kier molecular flexibility index (Phi) is 6.20. The monoisotopic (exact) mass is 280 g/mol. The molecular weight excluding hydrogens is 252 g/mol. The summed E-state index contributed by atoms with van der Waals surface area (Å²) in [6.45, 7) is 11.9. The molecule has 0 radical (unpaired) electrons. The molecule has 5 nitrogen and oxygen atoms in total. The molecule has 1 N–H and O–H groups in total. The molecule has 1 rings (SSSR count). The summed E-state index contributed by atoms with van der Waals surface area (Å²) in [5.41, 5.74) is 1.17. The summed E-state index contributed by atoms with van der Waals surface area (Å²) in [6, 6.07) is 1.64. The van der Waals surface area contributed by atoms with E-state index >= 15 is 0 Å². The van der Waals surface area contributed by atoms with Gasteiger partial charge in [0.05, 0.1) is 18.4 Å². The van der Waals surface area contributed by atoms with Gasteiger partial charge in [-0.15, -0.1) is 0 Å². The first-order chi connectivity index (χ1) is 9.33. The van der Waals surface area contributed by atoms with Crippen molar-refractivity contribution in [1.29, 1.82) is 0 Å². The molecule has 114 valence electrons. The van der Waals surface area contributed by atoms with E-state index in [1.165, 1.54) is 4.68 Å². The summed E-state index contributed by atoms with van der Waals surface area (Å²) in [5, 5.41) is 7.57. The van der Waals surface area contributed by atoms with Gasteiger partial charge in [-0.1, -0.05) is 20.8 Å². The van der Waals surface area contributed by atoms with E-state index in [0.717, 1.165) is 31.7 Å². The fraction of sp³-hybridized carbons (Fsp3) is 0.733. The second-order valence-electron chi connectivity index (χ2n) is 6.35. The number of rotatable bonds is 7.